The summed E-state index contributed by atoms with van der Waals surface area (Å²) < 4.78 is 5.33. The summed E-state index contributed by atoms with van der Waals surface area (Å²) in [7, 11) is 0. The van der Waals surface area contributed by atoms with Crippen LogP contribution in [0.4, 0.5) is 0 Å². The molecule has 3 N–H and O–H groups in total. The van der Waals surface area contributed by atoms with Gasteiger partial charge < -0.3 is 24.9 Å². The van der Waals surface area contributed by atoms with Crippen molar-refractivity contribution in [3.8, 4) is 5.75 Å². The molecule has 1 atom stereocenters. The number of hydrogen-bond acceptors (Lipinski definition) is 5. The monoisotopic (exact) mass is 334 g/mol. The summed E-state index contributed by atoms with van der Waals surface area (Å²) in [6, 6.07) is 6.93. The Balaban J connectivity index is 1.38. The number of nitrogens with one attached hydrogen (secondary N) is 2. The molecular weight excluding hydrogens is 310 g/mol. The van der Waals surface area contributed by atoms with E-state index in [9.17, 15) is 9.90 Å². The Morgan fingerprint density at radius 1 is 1.33 bits per heavy atom. The van der Waals surface area contributed by atoms with Crippen LogP contribution >= 0.6 is 0 Å². The average Bonchev–Trinajstić information content (AvgIpc) is 3.10. The minimum absolute atomic E-state index is 0.148. The second kappa shape index (κ2) is 8.12. The highest BCUT2D eigenvalue weighted by Crippen LogP contribution is 2.23. The van der Waals surface area contributed by atoms with E-state index in [1.54, 1.807) is 18.2 Å². The van der Waals surface area contributed by atoms with E-state index in [1.165, 1.54) is 4.90 Å². The number of morpholine rings is 1. The number of carbonyl (C=O) groups is 1. The van der Waals surface area contributed by atoms with E-state index in [2.05, 4.69) is 10.5 Å². The summed E-state index contributed by atoms with van der Waals surface area (Å²) in [6.07, 6.45) is 0.689. The molecule has 1 aromatic carbocycles. The van der Waals surface area contributed by atoms with Crippen molar-refractivity contribution in [2.24, 2.45) is 5.16 Å². The Hall–Kier alpha value is -2.12. The number of benzene rings is 1. The molecule has 1 aromatic rings. The van der Waals surface area contributed by atoms with Gasteiger partial charge in [-0.05, 0) is 12.1 Å². The third-order valence-corrected chi connectivity index (χ3v) is 4.38. The van der Waals surface area contributed by atoms with Crippen molar-refractivity contribution in [2.75, 3.05) is 39.4 Å². The lowest BCUT2D eigenvalue weighted by molar-refractivity contribution is -0.908. The molecular formula is C17H24N3O4+. The second-order valence-corrected chi connectivity index (χ2v) is 6.11. The number of oxime groups is 1. The lowest BCUT2D eigenvalue weighted by atomic mass is 10.0. The number of nitrogens with zero attached hydrogens (tertiary/aromatic N) is 1. The van der Waals surface area contributed by atoms with Crippen LogP contribution in [0.25, 0.3) is 0 Å². The van der Waals surface area contributed by atoms with Crippen LogP contribution in [0.15, 0.2) is 29.4 Å². The van der Waals surface area contributed by atoms with Crippen LogP contribution in [0, 0.1) is 0 Å². The number of aromatic hydroxyl groups is 1. The molecule has 3 rings (SSSR count). The predicted octanol–water partition coefficient (Wildman–Crippen LogP) is -0.693. The highest BCUT2D eigenvalue weighted by molar-refractivity contribution is 6.05. The Morgan fingerprint density at radius 2 is 2.12 bits per heavy atom. The summed E-state index contributed by atoms with van der Waals surface area (Å²) >= 11 is 0. The molecule has 130 valence electrons. The SMILES string of the molecule is O=C(NCCC[NH+]1CCOCC1)[C@H]1CC(c2ccccc2O)=NO1. The molecule has 1 saturated heterocycles. The van der Waals surface area contributed by atoms with Crippen molar-refractivity contribution in [1.29, 1.82) is 0 Å². The Labute approximate surface area is 141 Å². The van der Waals surface area contributed by atoms with E-state index >= 15 is 0 Å². The maximum absolute atomic E-state index is 12.2. The summed E-state index contributed by atoms with van der Waals surface area (Å²) in [5, 5.41) is 16.7. The molecule has 7 nitrogen and oxygen atoms in total. The number of quaternary nitrogens is 1. The zero-order chi connectivity index (χ0) is 16.8. The molecule has 7 heteroatoms. The smallest absolute Gasteiger partial charge is 0.264 e. The van der Waals surface area contributed by atoms with Crippen molar-refractivity contribution in [3.05, 3.63) is 29.8 Å². The first-order valence-electron chi connectivity index (χ1n) is 8.44. The van der Waals surface area contributed by atoms with Gasteiger partial charge in [0.2, 0.25) is 6.10 Å². The maximum Gasteiger partial charge on any atom is 0.264 e. The van der Waals surface area contributed by atoms with Gasteiger partial charge in [-0.2, -0.15) is 0 Å². The minimum atomic E-state index is -0.615. The number of phenolic OH excluding ortho intramolecular Hbond substituents is 1. The van der Waals surface area contributed by atoms with E-state index in [4.69, 9.17) is 9.57 Å². The van der Waals surface area contributed by atoms with Gasteiger partial charge in [0, 0.05) is 24.9 Å². The highest BCUT2D eigenvalue weighted by atomic mass is 16.6. The van der Waals surface area contributed by atoms with Gasteiger partial charge in [0.1, 0.15) is 18.8 Å². The van der Waals surface area contributed by atoms with E-state index < -0.39 is 6.10 Å². The van der Waals surface area contributed by atoms with Crippen LogP contribution in [0.2, 0.25) is 0 Å². The molecule has 2 heterocycles. The second-order valence-electron chi connectivity index (χ2n) is 6.11. The van der Waals surface area contributed by atoms with Gasteiger partial charge in [-0.1, -0.05) is 17.3 Å². The van der Waals surface area contributed by atoms with Gasteiger partial charge in [-0.15, -0.1) is 0 Å². The largest absolute Gasteiger partial charge is 0.507 e. The summed E-state index contributed by atoms with van der Waals surface area (Å²) in [4.78, 5) is 18.9. The number of phenols is 1. The first kappa shape index (κ1) is 16.7. The lowest BCUT2D eigenvalue weighted by Gasteiger charge is -2.23. The van der Waals surface area contributed by atoms with Crippen LogP contribution in [0.1, 0.15) is 18.4 Å². The topological polar surface area (TPSA) is 84.6 Å². The fraction of sp³-hybridized carbons (Fsp3) is 0.529. The van der Waals surface area contributed by atoms with Crippen LogP contribution in [0.3, 0.4) is 0 Å². The van der Waals surface area contributed by atoms with E-state index in [0.717, 1.165) is 39.3 Å². The Kier molecular flexibility index (Phi) is 5.66. The summed E-state index contributed by atoms with van der Waals surface area (Å²) in [5.41, 5.74) is 1.22. The molecule has 0 spiro atoms. The number of ether oxygens (including phenoxy) is 1. The van der Waals surface area contributed by atoms with Gasteiger partial charge in [0.25, 0.3) is 5.91 Å². The van der Waals surface area contributed by atoms with E-state index in [-0.39, 0.29) is 11.7 Å². The number of hydrogen-bond donors (Lipinski definition) is 3. The third kappa shape index (κ3) is 4.24. The van der Waals surface area contributed by atoms with Gasteiger partial charge in [0.15, 0.2) is 0 Å². The van der Waals surface area contributed by atoms with E-state index in [1.807, 2.05) is 6.07 Å². The molecule has 0 aliphatic carbocycles. The maximum atomic E-state index is 12.2. The van der Waals surface area contributed by atoms with Crippen molar-refractivity contribution in [3.63, 3.8) is 0 Å². The van der Waals surface area contributed by atoms with Crippen molar-refractivity contribution >= 4 is 11.6 Å². The first-order valence-corrected chi connectivity index (χ1v) is 8.44. The Morgan fingerprint density at radius 3 is 2.92 bits per heavy atom. The minimum Gasteiger partial charge on any atom is -0.507 e. The molecule has 24 heavy (non-hydrogen) atoms. The van der Waals surface area contributed by atoms with Crippen LogP contribution in [-0.4, -0.2) is 62.2 Å². The van der Waals surface area contributed by atoms with Crippen LogP contribution in [-0.2, 0) is 14.4 Å². The van der Waals surface area contributed by atoms with Gasteiger partial charge >= 0.3 is 0 Å². The number of para-hydroxylation sites is 1. The van der Waals surface area contributed by atoms with Crippen LogP contribution in [0.5, 0.6) is 5.75 Å². The fourth-order valence-electron chi connectivity index (χ4n) is 2.97. The Bertz CT molecular complexity index is 599. The fourth-order valence-corrected chi connectivity index (χ4v) is 2.97. The van der Waals surface area contributed by atoms with Crippen molar-refractivity contribution in [1.82, 2.24) is 5.32 Å². The average molecular weight is 334 g/mol. The normalized spacial score (nSPS) is 21.2. The standard InChI is InChI=1S/C17H23N3O4/c21-15-5-2-1-4-13(15)14-12-16(24-19-14)17(22)18-6-3-7-20-8-10-23-11-9-20/h1-2,4-5,16,21H,3,6-12H2,(H,18,22)/p+1/t16-/m1/s1. The first-order chi connectivity index (χ1) is 11.7. The molecule has 2 aliphatic heterocycles. The molecule has 0 saturated carbocycles. The lowest BCUT2D eigenvalue weighted by Crippen LogP contribution is -3.14. The predicted molar refractivity (Wildman–Crippen MR) is 88.1 cm³/mol. The molecule has 0 radical (unpaired) electrons. The van der Waals surface area contributed by atoms with Crippen molar-refractivity contribution < 1.29 is 24.4 Å². The molecule has 2 aliphatic rings. The van der Waals surface area contributed by atoms with Gasteiger partial charge in [0.05, 0.1) is 25.5 Å². The molecule has 1 fully saturated rings. The van der Waals surface area contributed by atoms with Gasteiger partial charge in [-0.25, -0.2) is 0 Å². The third-order valence-electron chi connectivity index (χ3n) is 4.38. The number of carbonyl (C=O) groups excluding carboxylic acids is 1. The summed E-state index contributed by atoms with van der Waals surface area (Å²) in [5.74, 6) is -0.00413. The molecule has 1 amide bonds. The quantitative estimate of drug-likeness (QED) is 0.601. The van der Waals surface area contributed by atoms with Gasteiger partial charge in [-0.3, -0.25) is 4.79 Å². The zero-order valence-corrected chi connectivity index (χ0v) is 13.7. The number of rotatable bonds is 6. The van der Waals surface area contributed by atoms with Crippen LogP contribution < -0.4 is 10.2 Å². The molecule has 0 aromatic heterocycles. The highest BCUT2D eigenvalue weighted by Gasteiger charge is 2.29. The molecule has 0 unspecified atom stereocenters. The zero-order valence-electron chi connectivity index (χ0n) is 13.7. The number of amides is 1. The summed E-state index contributed by atoms with van der Waals surface area (Å²) in [6.45, 7) is 5.40. The van der Waals surface area contributed by atoms with E-state index in [0.29, 0.717) is 24.2 Å². The van der Waals surface area contributed by atoms with Crippen molar-refractivity contribution in [2.45, 2.75) is 18.9 Å². The molecule has 0 bridgehead atoms.